The number of nitrogens with zero attached hydrogens (tertiary/aromatic N) is 1. The first-order valence-corrected chi connectivity index (χ1v) is 7.44. The zero-order chi connectivity index (χ0) is 13.5. The number of hydrogen-bond donors (Lipinski definition) is 1. The second-order valence-electron chi connectivity index (χ2n) is 5.16. The molecule has 1 aliphatic rings. The molecule has 3 nitrogen and oxygen atoms in total. The van der Waals surface area contributed by atoms with E-state index in [0.29, 0.717) is 12.1 Å². The van der Waals surface area contributed by atoms with Crippen molar-refractivity contribution in [3.8, 4) is 0 Å². The third-order valence-corrected chi connectivity index (χ3v) is 3.84. The van der Waals surface area contributed by atoms with Gasteiger partial charge in [0, 0.05) is 19.1 Å². The van der Waals surface area contributed by atoms with Gasteiger partial charge >= 0.3 is 0 Å². The van der Waals surface area contributed by atoms with E-state index in [1.54, 1.807) is 0 Å². The molecule has 0 bridgehead atoms. The van der Waals surface area contributed by atoms with E-state index in [9.17, 15) is 0 Å². The van der Waals surface area contributed by atoms with Crippen LogP contribution in [0.15, 0.2) is 30.3 Å². The molecule has 1 aromatic carbocycles. The number of nitrogens with one attached hydrogen (secondary N) is 1. The van der Waals surface area contributed by atoms with Gasteiger partial charge in [-0.05, 0) is 25.1 Å². The molecule has 1 saturated heterocycles. The lowest BCUT2D eigenvalue weighted by molar-refractivity contribution is -0.0445. The summed E-state index contributed by atoms with van der Waals surface area (Å²) in [5.41, 5.74) is 1.38. The van der Waals surface area contributed by atoms with E-state index in [1.165, 1.54) is 5.56 Å². The molecule has 19 heavy (non-hydrogen) atoms. The highest BCUT2D eigenvalue weighted by Gasteiger charge is 2.27. The smallest absolute Gasteiger partial charge is 0.0858 e. The Labute approximate surface area is 116 Å². The number of morpholine rings is 1. The highest BCUT2D eigenvalue weighted by molar-refractivity contribution is 5.16. The molecule has 2 atom stereocenters. The normalized spacial score (nSPS) is 22.3. The molecule has 1 aliphatic heterocycles. The summed E-state index contributed by atoms with van der Waals surface area (Å²) in [6.07, 6.45) is 1.34. The highest BCUT2D eigenvalue weighted by Crippen LogP contribution is 2.13. The fourth-order valence-electron chi connectivity index (χ4n) is 2.73. The summed E-state index contributed by atoms with van der Waals surface area (Å²) >= 11 is 0. The van der Waals surface area contributed by atoms with Crippen LogP contribution in [0.25, 0.3) is 0 Å². The van der Waals surface area contributed by atoms with Crippen molar-refractivity contribution in [3.05, 3.63) is 35.9 Å². The fraction of sp³-hybridized carbons (Fsp3) is 0.625. The average molecular weight is 262 g/mol. The van der Waals surface area contributed by atoms with Gasteiger partial charge in [0.25, 0.3) is 0 Å². The van der Waals surface area contributed by atoms with E-state index >= 15 is 0 Å². The Morgan fingerprint density at radius 1 is 1.32 bits per heavy atom. The van der Waals surface area contributed by atoms with Crippen LogP contribution in [-0.2, 0) is 11.2 Å². The minimum absolute atomic E-state index is 0.300. The van der Waals surface area contributed by atoms with Gasteiger partial charge in [-0.1, -0.05) is 44.2 Å². The molecule has 1 fully saturated rings. The minimum atomic E-state index is 0.300. The zero-order valence-corrected chi connectivity index (χ0v) is 12.1. The van der Waals surface area contributed by atoms with Gasteiger partial charge in [0.2, 0.25) is 0 Å². The average Bonchev–Trinajstić information content (AvgIpc) is 2.48. The number of hydrogen-bond acceptors (Lipinski definition) is 3. The Bertz CT molecular complexity index is 355. The third kappa shape index (κ3) is 4.30. The molecule has 0 amide bonds. The lowest BCUT2D eigenvalue weighted by atomic mass is 10.00. The standard InChI is InChI=1S/C16H26N2O/c1-3-17-15(12-14-8-6-5-7-9-14)16-13-18(4-2)10-11-19-16/h5-9,15-17H,3-4,10-13H2,1-2H3. The molecule has 2 rings (SSSR count). The fourth-order valence-corrected chi connectivity index (χ4v) is 2.73. The van der Waals surface area contributed by atoms with Crippen molar-refractivity contribution in [2.24, 2.45) is 0 Å². The van der Waals surface area contributed by atoms with Crippen LogP contribution >= 0.6 is 0 Å². The monoisotopic (exact) mass is 262 g/mol. The molecule has 0 spiro atoms. The molecule has 3 heteroatoms. The molecular formula is C16H26N2O. The maximum atomic E-state index is 5.99. The first-order valence-electron chi connectivity index (χ1n) is 7.44. The van der Waals surface area contributed by atoms with Crippen molar-refractivity contribution in [2.75, 3.05) is 32.8 Å². The number of benzene rings is 1. The molecule has 106 valence electrons. The van der Waals surface area contributed by atoms with Gasteiger partial charge in [-0.25, -0.2) is 0 Å². The number of rotatable bonds is 6. The summed E-state index contributed by atoms with van der Waals surface area (Å²) in [4.78, 5) is 2.48. The summed E-state index contributed by atoms with van der Waals surface area (Å²) in [6.45, 7) is 9.46. The minimum Gasteiger partial charge on any atom is -0.374 e. The summed E-state index contributed by atoms with van der Waals surface area (Å²) in [5, 5.41) is 3.59. The first kappa shape index (κ1) is 14.5. The van der Waals surface area contributed by atoms with Gasteiger partial charge in [-0.3, -0.25) is 4.90 Å². The Hall–Kier alpha value is -0.900. The largest absolute Gasteiger partial charge is 0.374 e. The summed E-state index contributed by atoms with van der Waals surface area (Å²) in [6, 6.07) is 11.1. The topological polar surface area (TPSA) is 24.5 Å². The van der Waals surface area contributed by atoms with Gasteiger partial charge in [0.15, 0.2) is 0 Å². The Balaban J connectivity index is 1.98. The maximum absolute atomic E-state index is 5.99. The van der Waals surface area contributed by atoms with Gasteiger partial charge in [0.1, 0.15) is 0 Å². The Morgan fingerprint density at radius 2 is 2.11 bits per heavy atom. The van der Waals surface area contributed by atoms with Crippen LogP contribution < -0.4 is 5.32 Å². The molecule has 0 aliphatic carbocycles. The molecule has 1 N–H and O–H groups in total. The van der Waals surface area contributed by atoms with E-state index in [-0.39, 0.29) is 0 Å². The van der Waals surface area contributed by atoms with Gasteiger partial charge in [0.05, 0.1) is 12.7 Å². The molecule has 0 radical (unpaired) electrons. The van der Waals surface area contributed by atoms with Crippen LogP contribution in [0.3, 0.4) is 0 Å². The summed E-state index contributed by atoms with van der Waals surface area (Å²) in [7, 11) is 0. The van der Waals surface area contributed by atoms with Crippen molar-refractivity contribution in [1.29, 1.82) is 0 Å². The number of ether oxygens (including phenoxy) is 1. The van der Waals surface area contributed by atoms with Gasteiger partial charge < -0.3 is 10.1 Å². The SMILES string of the molecule is CCNC(Cc1ccccc1)C1CN(CC)CCO1. The molecular weight excluding hydrogens is 236 g/mol. The summed E-state index contributed by atoms with van der Waals surface area (Å²) < 4.78 is 5.99. The predicted molar refractivity (Wildman–Crippen MR) is 79.5 cm³/mol. The first-order chi connectivity index (χ1) is 9.33. The molecule has 0 saturated carbocycles. The van der Waals surface area contributed by atoms with E-state index in [4.69, 9.17) is 4.74 Å². The Kier molecular flexibility index (Phi) is 5.83. The Morgan fingerprint density at radius 3 is 2.79 bits per heavy atom. The van der Waals surface area contributed by atoms with Crippen LogP contribution in [0.5, 0.6) is 0 Å². The van der Waals surface area contributed by atoms with Crippen molar-refractivity contribution < 1.29 is 4.74 Å². The van der Waals surface area contributed by atoms with Crippen LogP contribution in [0.1, 0.15) is 19.4 Å². The van der Waals surface area contributed by atoms with Crippen molar-refractivity contribution in [1.82, 2.24) is 10.2 Å². The second kappa shape index (κ2) is 7.63. The predicted octanol–water partition coefficient (Wildman–Crippen LogP) is 1.93. The summed E-state index contributed by atoms with van der Waals surface area (Å²) in [5.74, 6) is 0. The van der Waals surface area contributed by atoms with Gasteiger partial charge in [-0.15, -0.1) is 0 Å². The van der Waals surface area contributed by atoms with E-state index in [1.807, 2.05) is 0 Å². The molecule has 1 heterocycles. The quantitative estimate of drug-likeness (QED) is 0.848. The van der Waals surface area contributed by atoms with E-state index < -0.39 is 0 Å². The second-order valence-corrected chi connectivity index (χ2v) is 5.16. The van der Waals surface area contributed by atoms with Crippen molar-refractivity contribution >= 4 is 0 Å². The number of likely N-dealkylation sites (N-methyl/N-ethyl adjacent to an activating group) is 2. The van der Waals surface area contributed by atoms with E-state index in [2.05, 4.69) is 54.4 Å². The maximum Gasteiger partial charge on any atom is 0.0858 e. The van der Waals surface area contributed by atoms with E-state index in [0.717, 1.165) is 39.2 Å². The van der Waals surface area contributed by atoms with Crippen molar-refractivity contribution in [2.45, 2.75) is 32.4 Å². The zero-order valence-electron chi connectivity index (χ0n) is 12.1. The lowest BCUT2D eigenvalue weighted by Crippen LogP contribution is -2.53. The van der Waals surface area contributed by atoms with Crippen molar-refractivity contribution in [3.63, 3.8) is 0 Å². The molecule has 0 aromatic heterocycles. The molecule has 2 unspecified atom stereocenters. The van der Waals surface area contributed by atoms with Crippen LogP contribution in [0, 0.1) is 0 Å². The van der Waals surface area contributed by atoms with Crippen LogP contribution in [-0.4, -0.2) is 49.8 Å². The lowest BCUT2D eigenvalue weighted by Gasteiger charge is -2.37. The van der Waals surface area contributed by atoms with Gasteiger partial charge in [-0.2, -0.15) is 0 Å². The molecule has 1 aromatic rings. The van der Waals surface area contributed by atoms with Crippen LogP contribution in [0.2, 0.25) is 0 Å². The third-order valence-electron chi connectivity index (χ3n) is 3.84. The van der Waals surface area contributed by atoms with Crippen LogP contribution in [0.4, 0.5) is 0 Å². The highest BCUT2D eigenvalue weighted by atomic mass is 16.5.